The average molecular weight is 1780 g/mol. The number of para-hydroxylation sites is 2. The lowest BCUT2D eigenvalue weighted by atomic mass is 9.34. The summed E-state index contributed by atoms with van der Waals surface area (Å²) in [4.78, 5) is 14.8. The maximum atomic E-state index is 8.10. The number of hydrogen-bond donors (Lipinski definition) is 0. The van der Waals surface area contributed by atoms with Gasteiger partial charge in [0, 0.05) is 81.1 Å². The summed E-state index contributed by atoms with van der Waals surface area (Å²) in [7, 11) is 0. The lowest BCUT2D eigenvalue weighted by Gasteiger charge is -2.41. The Morgan fingerprint density at radius 1 is 0.259 bits per heavy atom. The number of thiophene rings is 1. The fourth-order valence-electron chi connectivity index (χ4n) is 21.1. The molecule has 0 spiro atoms. The second kappa shape index (κ2) is 30.6. The Morgan fingerprint density at radius 2 is 0.704 bits per heavy atom. The van der Waals surface area contributed by atoms with Gasteiger partial charge in [-0.2, -0.15) is 0 Å². The average Bonchev–Trinajstić information content (AvgIpc) is 0.932. The lowest BCUT2D eigenvalue weighted by Crippen LogP contribution is -2.59. The van der Waals surface area contributed by atoms with Crippen LogP contribution in [0.4, 0.5) is 17.1 Å². The van der Waals surface area contributed by atoms with Crippen LogP contribution in [0.25, 0.3) is 159 Å². The van der Waals surface area contributed by atoms with Crippen LogP contribution in [0.3, 0.4) is 0 Å². The predicted octanol–water partition coefficient (Wildman–Crippen LogP) is 33.3. The standard InChI is InChI=1S/C126H121BN6OS/c1-119(2,3)81-44-51-104-94(68-81)95-69-82(120(4,5)6)45-52-105(95)130(104)89-72-101(129-115(73-89)133-103-40-32-29-37-91(103)92-48-55-113-116(118(92)133)93-38-30-33-41-112(93)135-113)76-42-49-98-110(63-76)134-111-64-80(78-58-87(125(19,20)21)67-88(59-78)126(22,23)24)62-109-117(111)127(98)99-60-75(43-50-108(99)131(109)102-39-31-28-36-90(102)74-34-26-25-27-35-74)100-61-79(77-56-85(123(13,14)15)66-86(57-77)124(16,17)18)65-114(128-100)132-106-53-46-83(121(7,8)9)70-96(106)97-71-84(122(10,11)12)47-54-107(97)132/h25-73H,1-24H3. The van der Waals surface area contributed by atoms with E-state index in [2.05, 4.69) is 482 Å². The first kappa shape index (κ1) is 87.0. The molecule has 0 N–H and O–H groups in total. The molecule has 14 aromatic carbocycles. The van der Waals surface area contributed by atoms with E-state index < -0.39 is 0 Å². The van der Waals surface area contributed by atoms with Crippen molar-refractivity contribution in [3.05, 3.63) is 342 Å². The summed E-state index contributed by atoms with van der Waals surface area (Å²) >= 11 is 1.86. The van der Waals surface area contributed by atoms with E-state index in [0.29, 0.717) is 0 Å². The third kappa shape index (κ3) is 14.8. The molecule has 7 nitrogen and oxygen atoms in total. The topological polar surface area (TPSA) is 53.0 Å². The maximum Gasteiger partial charge on any atom is 0.256 e. The van der Waals surface area contributed by atoms with Crippen LogP contribution in [0, 0.1) is 0 Å². The van der Waals surface area contributed by atoms with Crippen LogP contribution in [-0.4, -0.2) is 30.4 Å². The Kier molecular flexibility index (Phi) is 19.7. The minimum Gasteiger partial charge on any atom is -0.458 e. The van der Waals surface area contributed by atoms with E-state index in [9.17, 15) is 0 Å². The Labute approximate surface area is 800 Å². The first-order chi connectivity index (χ1) is 63.9. The van der Waals surface area contributed by atoms with Crippen molar-refractivity contribution in [3.63, 3.8) is 0 Å². The molecular weight excluding hydrogens is 1660 g/mol. The minimum absolute atomic E-state index is 0.0873. The molecule has 0 aliphatic carbocycles. The van der Waals surface area contributed by atoms with Crippen LogP contribution in [0.5, 0.6) is 11.5 Å². The second-order valence-electron chi connectivity index (χ2n) is 46.8. The molecule has 0 saturated heterocycles. The summed E-state index contributed by atoms with van der Waals surface area (Å²) in [5, 5.41) is 9.71. The van der Waals surface area contributed by atoms with E-state index >= 15 is 0 Å². The van der Waals surface area contributed by atoms with Gasteiger partial charge in [0.25, 0.3) is 6.71 Å². The SMILES string of the molecule is CC(C)(C)c1cc(-c2cc(-c3ccc4c(c3)B3c5ccc(-c6cc(-n7c8ccc(C(C)(C)C)cc8c8cc(C(C)(C)C)ccc87)cc(-n7c8ccccc8c8ccc9sc%10ccccc%10c9c87)n6)cc5Oc5cc(-c6cc(C(C)(C)C)cc(C(C)(C)C)c6)cc(c53)N4c3ccccc3-c3ccccc3)nc(-n3c4ccc(C(C)(C)C)cc4c4cc(C(C)(C)C)ccc43)c2)cc(C(C)(C)C)c1. The van der Waals surface area contributed by atoms with Gasteiger partial charge in [-0.15, -0.1) is 11.3 Å². The molecule has 135 heavy (non-hydrogen) atoms. The molecule has 22 rings (SSSR count). The number of anilines is 3. The normalized spacial score (nSPS) is 13.5. The van der Waals surface area contributed by atoms with Gasteiger partial charge in [-0.3, -0.25) is 9.13 Å². The first-order valence-corrected chi connectivity index (χ1v) is 49.2. The zero-order chi connectivity index (χ0) is 94.3. The summed E-state index contributed by atoms with van der Waals surface area (Å²) in [6, 6.07) is 114. The minimum atomic E-state index is -0.362. The summed E-state index contributed by atoms with van der Waals surface area (Å²) < 4.78 is 18.0. The highest BCUT2D eigenvalue weighted by Crippen LogP contribution is 2.52. The van der Waals surface area contributed by atoms with Crippen LogP contribution in [0.15, 0.2) is 297 Å². The van der Waals surface area contributed by atoms with Gasteiger partial charge < -0.3 is 14.2 Å². The van der Waals surface area contributed by atoms with Crippen molar-refractivity contribution in [1.82, 2.24) is 23.7 Å². The summed E-state index contributed by atoms with van der Waals surface area (Å²) in [6.07, 6.45) is 0. The summed E-state index contributed by atoms with van der Waals surface area (Å²) in [6.45, 7) is 55.7. The highest BCUT2D eigenvalue weighted by molar-refractivity contribution is 7.26. The van der Waals surface area contributed by atoms with E-state index in [1.54, 1.807) is 0 Å². The van der Waals surface area contributed by atoms with E-state index in [4.69, 9.17) is 14.7 Å². The number of benzene rings is 14. The Balaban J connectivity index is 0.830. The van der Waals surface area contributed by atoms with E-state index in [1.165, 1.54) is 97.0 Å². The van der Waals surface area contributed by atoms with Crippen molar-refractivity contribution >= 4 is 137 Å². The molecule has 0 saturated carbocycles. The Hall–Kier alpha value is -13.3. The van der Waals surface area contributed by atoms with Gasteiger partial charge in [0.15, 0.2) is 0 Å². The van der Waals surface area contributed by atoms with Crippen molar-refractivity contribution < 1.29 is 4.74 Å². The molecule has 20 aromatic rings. The molecule has 670 valence electrons. The van der Waals surface area contributed by atoms with E-state index in [1.807, 2.05) is 11.3 Å². The number of nitrogens with zero attached hydrogens (tertiary/aromatic N) is 6. The summed E-state index contributed by atoms with van der Waals surface area (Å²) in [5.74, 6) is 3.24. The number of ether oxygens (including phenoxy) is 1. The van der Waals surface area contributed by atoms with Gasteiger partial charge in [-0.1, -0.05) is 342 Å². The van der Waals surface area contributed by atoms with Gasteiger partial charge in [-0.25, -0.2) is 9.97 Å². The molecule has 6 aromatic heterocycles. The monoisotopic (exact) mass is 1780 g/mol. The Morgan fingerprint density at radius 3 is 1.25 bits per heavy atom. The quantitative estimate of drug-likeness (QED) is 0.135. The number of fused-ring (bicyclic) bond motifs is 17. The molecule has 0 bridgehead atoms. The molecular formula is C126H121BN6OS. The van der Waals surface area contributed by atoms with Crippen molar-refractivity contribution in [3.8, 4) is 84.7 Å². The molecule has 8 heterocycles. The molecule has 2 aliphatic rings. The van der Waals surface area contributed by atoms with Crippen LogP contribution in [0.2, 0.25) is 0 Å². The van der Waals surface area contributed by atoms with Crippen LogP contribution in [-0.2, 0) is 43.3 Å². The van der Waals surface area contributed by atoms with Gasteiger partial charge in [0.1, 0.15) is 23.1 Å². The predicted molar refractivity (Wildman–Crippen MR) is 581 cm³/mol. The Bertz CT molecular complexity index is 8140. The highest BCUT2D eigenvalue weighted by atomic mass is 32.1. The number of hydrogen-bond acceptors (Lipinski definition) is 5. The van der Waals surface area contributed by atoms with Gasteiger partial charge in [0.05, 0.1) is 55.9 Å². The summed E-state index contributed by atoms with van der Waals surface area (Å²) in [5.41, 5.74) is 33.9. The maximum absolute atomic E-state index is 8.10. The van der Waals surface area contributed by atoms with Crippen LogP contribution < -0.4 is 26.0 Å². The van der Waals surface area contributed by atoms with E-state index in [-0.39, 0.29) is 50.0 Å². The molecule has 0 atom stereocenters. The number of pyridine rings is 2. The second-order valence-corrected chi connectivity index (χ2v) is 47.9. The molecule has 2 aliphatic heterocycles. The number of aromatic nitrogens is 5. The lowest BCUT2D eigenvalue weighted by molar-refractivity contribution is 0.488. The van der Waals surface area contributed by atoms with Gasteiger partial charge >= 0.3 is 0 Å². The smallest absolute Gasteiger partial charge is 0.256 e. The van der Waals surface area contributed by atoms with Crippen molar-refractivity contribution in [1.29, 1.82) is 0 Å². The first-order valence-electron chi connectivity index (χ1n) is 48.4. The third-order valence-electron chi connectivity index (χ3n) is 29.1. The van der Waals surface area contributed by atoms with Crippen molar-refractivity contribution in [2.24, 2.45) is 0 Å². The molecule has 0 radical (unpaired) electrons. The van der Waals surface area contributed by atoms with Gasteiger partial charge in [0.2, 0.25) is 0 Å². The molecule has 0 amide bonds. The highest BCUT2D eigenvalue weighted by Gasteiger charge is 2.44. The third-order valence-corrected chi connectivity index (χ3v) is 30.2. The van der Waals surface area contributed by atoms with Crippen molar-refractivity contribution in [2.75, 3.05) is 4.90 Å². The van der Waals surface area contributed by atoms with Crippen LogP contribution in [0.1, 0.15) is 211 Å². The largest absolute Gasteiger partial charge is 0.458 e. The van der Waals surface area contributed by atoms with Gasteiger partial charge in [-0.05, 0) is 253 Å². The fraction of sp³-hybridized carbons (Fsp3) is 0.254. The van der Waals surface area contributed by atoms with Crippen LogP contribution >= 0.6 is 11.3 Å². The molecule has 0 fully saturated rings. The van der Waals surface area contributed by atoms with Crippen molar-refractivity contribution in [2.45, 2.75) is 209 Å². The molecule has 9 heteroatoms. The zero-order valence-electron chi connectivity index (χ0n) is 82.9. The van der Waals surface area contributed by atoms with E-state index in [0.717, 1.165) is 151 Å². The molecule has 0 unspecified atom stereocenters. The number of rotatable bonds is 9. The fourth-order valence-corrected chi connectivity index (χ4v) is 22.2. The zero-order valence-corrected chi connectivity index (χ0v) is 83.7.